The number of hydrogen-bond acceptors (Lipinski definition) is 6. The van der Waals surface area contributed by atoms with Gasteiger partial charge in [-0.3, -0.25) is 4.79 Å². The van der Waals surface area contributed by atoms with Crippen LogP contribution in [0, 0.1) is 0 Å². The number of aromatic nitrogens is 4. The molecule has 0 saturated carbocycles. The molecule has 1 aliphatic rings. The average Bonchev–Trinajstić information content (AvgIpc) is 3.29. The quantitative estimate of drug-likeness (QED) is 0.685. The minimum atomic E-state index is -0.119. The van der Waals surface area contributed by atoms with E-state index in [1.807, 2.05) is 48.5 Å². The van der Waals surface area contributed by atoms with Crippen molar-refractivity contribution in [3.63, 3.8) is 0 Å². The zero-order valence-electron chi connectivity index (χ0n) is 16.0. The number of piperazine rings is 1. The van der Waals surface area contributed by atoms with Crippen molar-refractivity contribution in [3.05, 3.63) is 60.4 Å². The molecule has 2 heterocycles. The molecule has 9 nitrogen and oxygen atoms in total. The predicted molar refractivity (Wildman–Crippen MR) is 108 cm³/mol. The van der Waals surface area contributed by atoms with Crippen LogP contribution in [0.1, 0.15) is 17.3 Å². The normalized spacial score (nSPS) is 14.0. The second kappa shape index (κ2) is 8.09. The standard InChI is InChI=1S/C20H21N7O2/c1-15(28)16-2-6-18(7-3-16)25-10-12-26(13-11-25)20(29)22-17-4-8-19(9-5-17)27-14-21-23-24-27/h2-9,14H,10-13H2,1H3,(H,22,29). The molecule has 9 heteroatoms. The Balaban J connectivity index is 1.31. The van der Waals surface area contributed by atoms with Gasteiger partial charge in [-0.15, -0.1) is 5.10 Å². The molecule has 1 saturated heterocycles. The summed E-state index contributed by atoms with van der Waals surface area (Å²) in [4.78, 5) is 28.0. The van der Waals surface area contributed by atoms with Crippen LogP contribution >= 0.6 is 0 Å². The van der Waals surface area contributed by atoms with Gasteiger partial charge in [0.2, 0.25) is 0 Å². The van der Waals surface area contributed by atoms with Gasteiger partial charge in [-0.2, -0.15) is 0 Å². The Labute approximate surface area is 167 Å². The largest absolute Gasteiger partial charge is 0.368 e. The van der Waals surface area contributed by atoms with Crippen LogP contribution in [0.15, 0.2) is 54.9 Å². The van der Waals surface area contributed by atoms with E-state index >= 15 is 0 Å². The lowest BCUT2D eigenvalue weighted by atomic mass is 10.1. The molecule has 0 aliphatic carbocycles. The maximum Gasteiger partial charge on any atom is 0.321 e. The number of benzene rings is 2. The van der Waals surface area contributed by atoms with Gasteiger partial charge in [-0.25, -0.2) is 9.48 Å². The maximum absolute atomic E-state index is 12.6. The van der Waals surface area contributed by atoms with E-state index in [2.05, 4.69) is 25.7 Å². The van der Waals surface area contributed by atoms with Crippen molar-refractivity contribution in [3.8, 4) is 5.69 Å². The van der Waals surface area contributed by atoms with Gasteiger partial charge in [0.05, 0.1) is 5.69 Å². The van der Waals surface area contributed by atoms with Crippen LogP contribution < -0.4 is 10.2 Å². The third kappa shape index (κ3) is 4.23. The van der Waals surface area contributed by atoms with Crippen LogP contribution in [0.2, 0.25) is 0 Å². The highest BCUT2D eigenvalue weighted by Gasteiger charge is 2.21. The minimum Gasteiger partial charge on any atom is -0.368 e. The number of urea groups is 1. The summed E-state index contributed by atoms with van der Waals surface area (Å²) in [6.07, 6.45) is 1.51. The van der Waals surface area contributed by atoms with Gasteiger partial charge in [-0.1, -0.05) is 0 Å². The van der Waals surface area contributed by atoms with Crippen LogP contribution in [0.5, 0.6) is 0 Å². The van der Waals surface area contributed by atoms with Crippen LogP contribution in [-0.2, 0) is 0 Å². The van der Waals surface area contributed by atoms with Gasteiger partial charge in [0.25, 0.3) is 0 Å². The fourth-order valence-electron chi connectivity index (χ4n) is 3.25. The van der Waals surface area contributed by atoms with E-state index in [1.54, 1.807) is 16.5 Å². The number of rotatable bonds is 4. The van der Waals surface area contributed by atoms with E-state index in [4.69, 9.17) is 0 Å². The van der Waals surface area contributed by atoms with E-state index in [0.717, 1.165) is 24.5 Å². The summed E-state index contributed by atoms with van der Waals surface area (Å²) < 4.78 is 1.55. The topological polar surface area (TPSA) is 96.2 Å². The van der Waals surface area contributed by atoms with Gasteiger partial charge in [0.15, 0.2) is 5.78 Å². The second-order valence-corrected chi connectivity index (χ2v) is 6.81. The van der Waals surface area contributed by atoms with E-state index in [-0.39, 0.29) is 11.8 Å². The lowest BCUT2D eigenvalue weighted by molar-refractivity contribution is 0.101. The Hall–Kier alpha value is -3.75. The molecule has 148 valence electrons. The summed E-state index contributed by atoms with van der Waals surface area (Å²) in [5, 5.41) is 14.0. The molecule has 1 N–H and O–H groups in total. The van der Waals surface area contributed by atoms with Crippen LogP contribution in [0.4, 0.5) is 16.2 Å². The first-order valence-corrected chi connectivity index (χ1v) is 9.35. The molecule has 1 aromatic heterocycles. The average molecular weight is 391 g/mol. The molecule has 2 amide bonds. The molecular formula is C20H21N7O2. The number of ketones is 1. The molecule has 0 radical (unpaired) electrons. The highest BCUT2D eigenvalue weighted by molar-refractivity contribution is 5.94. The summed E-state index contributed by atoms with van der Waals surface area (Å²) >= 11 is 0. The van der Waals surface area contributed by atoms with E-state index in [1.165, 1.54) is 6.33 Å². The Kier molecular flexibility index (Phi) is 5.19. The number of nitrogens with one attached hydrogen (secondary N) is 1. The number of nitrogens with zero attached hydrogens (tertiary/aromatic N) is 6. The van der Waals surface area contributed by atoms with Crippen LogP contribution in [-0.4, -0.2) is 63.1 Å². The summed E-state index contributed by atoms with van der Waals surface area (Å²) in [5.41, 5.74) is 3.30. The fourth-order valence-corrected chi connectivity index (χ4v) is 3.25. The van der Waals surface area contributed by atoms with Crippen molar-refractivity contribution < 1.29 is 9.59 Å². The summed E-state index contributed by atoms with van der Waals surface area (Å²) in [6.45, 7) is 4.30. The number of Topliss-reactive ketones (excluding diaryl/α,β-unsaturated/α-hetero) is 1. The summed E-state index contributed by atoms with van der Waals surface area (Å²) in [6, 6.07) is 14.8. The number of tetrazole rings is 1. The van der Waals surface area contributed by atoms with Gasteiger partial charge in [-0.05, 0) is 65.9 Å². The molecule has 0 atom stereocenters. The molecule has 0 bridgehead atoms. The van der Waals surface area contributed by atoms with E-state index < -0.39 is 0 Å². The predicted octanol–water partition coefficient (Wildman–Crippen LogP) is 2.22. The zero-order chi connectivity index (χ0) is 20.2. The van der Waals surface area contributed by atoms with Gasteiger partial charge < -0.3 is 15.1 Å². The SMILES string of the molecule is CC(=O)c1ccc(N2CCN(C(=O)Nc3ccc(-n4cnnn4)cc3)CC2)cc1. The van der Waals surface area contributed by atoms with Gasteiger partial charge in [0, 0.05) is 43.1 Å². The smallest absolute Gasteiger partial charge is 0.321 e. The zero-order valence-corrected chi connectivity index (χ0v) is 16.0. The third-order valence-corrected chi connectivity index (χ3v) is 4.94. The molecule has 0 spiro atoms. The van der Waals surface area contributed by atoms with Crippen molar-refractivity contribution in [2.75, 3.05) is 36.4 Å². The Bertz CT molecular complexity index is 977. The first-order valence-electron chi connectivity index (χ1n) is 9.35. The maximum atomic E-state index is 12.6. The van der Waals surface area contributed by atoms with Gasteiger partial charge in [0.1, 0.15) is 6.33 Å². The van der Waals surface area contributed by atoms with Crippen molar-refractivity contribution in [1.29, 1.82) is 0 Å². The number of carbonyl (C=O) groups is 2. The van der Waals surface area contributed by atoms with Crippen LogP contribution in [0.3, 0.4) is 0 Å². The molecule has 0 unspecified atom stereocenters. The first kappa shape index (κ1) is 18.6. The molecule has 29 heavy (non-hydrogen) atoms. The van der Waals surface area contributed by atoms with Crippen molar-refractivity contribution in [2.45, 2.75) is 6.92 Å². The third-order valence-electron chi connectivity index (χ3n) is 4.94. The Morgan fingerprint density at radius 2 is 1.55 bits per heavy atom. The van der Waals surface area contributed by atoms with E-state index in [0.29, 0.717) is 24.3 Å². The lowest BCUT2D eigenvalue weighted by Gasteiger charge is -2.36. The fraction of sp³-hybridized carbons (Fsp3) is 0.250. The molecule has 2 aromatic carbocycles. The molecular weight excluding hydrogens is 370 g/mol. The summed E-state index contributed by atoms with van der Waals surface area (Å²) in [5.74, 6) is 0.0593. The number of anilines is 2. The highest BCUT2D eigenvalue weighted by Crippen LogP contribution is 2.18. The number of amides is 2. The van der Waals surface area contributed by atoms with Crippen LogP contribution in [0.25, 0.3) is 5.69 Å². The monoisotopic (exact) mass is 391 g/mol. The molecule has 1 fully saturated rings. The lowest BCUT2D eigenvalue weighted by Crippen LogP contribution is -2.50. The highest BCUT2D eigenvalue weighted by atomic mass is 16.2. The van der Waals surface area contributed by atoms with Crippen molar-refractivity contribution in [1.82, 2.24) is 25.1 Å². The van der Waals surface area contributed by atoms with Gasteiger partial charge >= 0.3 is 6.03 Å². The molecule has 3 aromatic rings. The number of hydrogen-bond donors (Lipinski definition) is 1. The second-order valence-electron chi connectivity index (χ2n) is 6.81. The van der Waals surface area contributed by atoms with Crippen molar-refractivity contribution >= 4 is 23.2 Å². The molecule has 4 rings (SSSR count). The van der Waals surface area contributed by atoms with E-state index in [9.17, 15) is 9.59 Å². The first-order chi connectivity index (χ1) is 14.1. The molecule has 1 aliphatic heterocycles. The Morgan fingerprint density at radius 1 is 0.897 bits per heavy atom. The summed E-state index contributed by atoms with van der Waals surface area (Å²) in [7, 11) is 0. The number of carbonyl (C=O) groups excluding carboxylic acids is 2. The van der Waals surface area contributed by atoms with Crippen molar-refractivity contribution in [2.24, 2.45) is 0 Å². The minimum absolute atomic E-state index is 0.0593. The Morgan fingerprint density at radius 3 is 2.14 bits per heavy atom.